The zero-order valence-corrected chi connectivity index (χ0v) is 12.3. The number of methoxy groups -OCH3 is 1. The number of carbonyl (C=O) groups excluding carboxylic acids is 1. The van der Waals surface area contributed by atoms with Gasteiger partial charge < -0.3 is 10.1 Å². The van der Waals surface area contributed by atoms with E-state index < -0.39 is 0 Å². The Kier molecular flexibility index (Phi) is 4.40. The molecule has 1 fully saturated rings. The number of nitrogens with one attached hydrogen (secondary N) is 1. The van der Waals surface area contributed by atoms with E-state index in [0.717, 1.165) is 34.9 Å². The Hall–Kier alpha value is -0.870. The lowest BCUT2D eigenvalue weighted by atomic mass is 10.1. The molecule has 98 valence electrons. The van der Waals surface area contributed by atoms with Crippen molar-refractivity contribution in [2.75, 3.05) is 7.11 Å². The lowest BCUT2D eigenvalue weighted by molar-refractivity contribution is 0.0722. The Labute approximate surface area is 116 Å². The van der Waals surface area contributed by atoms with Crippen molar-refractivity contribution < 1.29 is 9.53 Å². The normalized spacial score (nSPS) is 23.1. The van der Waals surface area contributed by atoms with Gasteiger partial charge in [-0.05, 0) is 43.9 Å². The first-order valence-corrected chi connectivity index (χ1v) is 7.01. The number of benzene rings is 1. The molecule has 2 unspecified atom stereocenters. The van der Waals surface area contributed by atoms with Crippen LogP contribution in [-0.2, 0) is 4.74 Å². The van der Waals surface area contributed by atoms with Gasteiger partial charge >= 0.3 is 0 Å². The fraction of sp³-hybridized carbons (Fsp3) is 0.500. The van der Waals surface area contributed by atoms with Crippen molar-refractivity contribution in [1.82, 2.24) is 5.32 Å². The third-order valence-corrected chi connectivity index (χ3v) is 4.44. The van der Waals surface area contributed by atoms with Crippen LogP contribution in [0.1, 0.15) is 35.2 Å². The van der Waals surface area contributed by atoms with Gasteiger partial charge in [0, 0.05) is 17.1 Å². The van der Waals surface area contributed by atoms with Crippen molar-refractivity contribution in [2.24, 2.45) is 0 Å². The van der Waals surface area contributed by atoms with Crippen LogP contribution in [0, 0.1) is 6.92 Å². The summed E-state index contributed by atoms with van der Waals surface area (Å²) in [4.78, 5) is 12.2. The van der Waals surface area contributed by atoms with Crippen LogP contribution in [0.25, 0.3) is 0 Å². The molecule has 0 heterocycles. The maximum absolute atomic E-state index is 12.2. The van der Waals surface area contributed by atoms with E-state index in [9.17, 15) is 4.79 Å². The molecule has 0 aromatic heterocycles. The molecule has 0 bridgehead atoms. The minimum absolute atomic E-state index is 0.0113. The van der Waals surface area contributed by atoms with Crippen molar-refractivity contribution >= 4 is 21.8 Å². The van der Waals surface area contributed by atoms with Gasteiger partial charge in [0.25, 0.3) is 5.91 Å². The molecule has 0 saturated heterocycles. The highest BCUT2D eigenvalue weighted by Gasteiger charge is 2.28. The topological polar surface area (TPSA) is 38.3 Å². The molecule has 4 heteroatoms. The highest BCUT2D eigenvalue weighted by molar-refractivity contribution is 9.10. The summed E-state index contributed by atoms with van der Waals surface area (Å²) in [6, 6.07) is 5.82. The van der Waals surface area contributed by atoms with E-state index in [2.05, 4.69) is 21.2 Å². The average Bonchev–Trinajstić information content (AvgIpc) is 2.79. The Morgan fingerprint density at radius 1 is 1.44 bits per heavy atom. The summed E-state index contributed by atoms with van der Waals surface area (Å²) in [5.74, 6) is -0.0113. The minimum atomic E-state index is -0.0113. The summed E-state index contributed by atoms with van der Waals surface area (Å²) in [6.07, 6.45) is 3.29. The summed E-state index contributed by atoms with van der Waals surface area (Å²) >= 11 is 3.45. The molecule has 1 saturated carbocycles. The molecular weight excluding hydrogens is 294 g/mol. The molecule has 2 atom stereocenters. The second-order valence-electron chi connectivity index (χ2n) is 4.70. The second kappa shape index (κ2) is 5.85. The fourth-order valence-corrected chi connectivity index (χ4v) is 2.84. The third kappa shape index (κ3) is 2.75. The first-order valence-electron chi connectivity index (χ1n) is 6.22. The van der Waals surface area contributed by atoms with Gasteiger partial charge in [-0.3, -0.25) is 4.79 Å². The second-order valence-corrected chi connectivity index (χ2v) is 5.55. The van der Waals surface area contributed by atoms with Crippen molar-refractivity contribution in [1.29, 1.82) is 0 Å². The molecule has 1 aliphatic rings. The van der Waals surface area contributed by atoms with E-state index in [1.807, 2.05) is 25.1 Å². The third-order valence-electron chi connectivity index (χ3n) is 3.58. The van der Waals surface area contributed by atoms with Gasteiger partial charge in [0.05, 0.1) is 12.1 Å². The van der Waals surface area contributed by atoms with Crippen LogP contribution in [0.15, 0.2) is 22.7 Å². The van der Waals surface area contributed by atoms with Crippen LogP contribution < -0.4 is 5.32 Å². The van der Waals surface area contributed by atoms with E-state index in [1.54, 1.807) is 7.11 Å². The fourth-order valence-electron chi connectivity index (χ4n) is 2.47. The number of ether oxygens (including phenoxy) is 1. The maximum Gasteiger partial charge on any atom is 0.251 e. The number of carbonyl (C=O) groups is 1. The zero-order chi connectivity index (χ0) is 13.1. The number of hydrogen-bond acceptors (Lipinski definition) is 2. The van der Waals surface area contributed by atoms with Crippen LogP contribution in [0.2, 0.25) is 0 Å². The van der Waals surface area contributed by atoms with E-state index in [0.29, 0.717) is 0 Å². The summed E-state index contributed by atoms with van der Waals surface area (Å²) in [6.45, 7) is 1.95. The van der Waals surface area contributed by atoms with Gasteiger partial charge in [-0.15, -0.1) is 0 Å². The predicted octanol–water partition coefficient (Wildman–Crippen LogP) is 3.05. The van der Waals surface area contributed by atoms with Crippen LogP contribution >= 0.6 is 15.9 Å². The summed E-state index contributed by atoms with van der Waals surface area (Å²) in [5.41, 5.74) is 1.70. The number of halogens is 1. The number of rotatable bonds is 3. The highest BCUT2D eigenvalue weighted by atomic mass is 79.9. The number of amides is 1. The molecule has 2 rings (SSSR count). The van der Waals surface area contributed by atoms with Crippen LogP contribution in [-0.4, -0.2) is 25.2 Å². The Morgan fingerprint density at radius 3 is 2.94 bits per heavy atom. The molecule has 1 N–H and O–H groups in total. The SMILES string of the molecule is COC1CCCC1NC(=O)c1cccc(Br)c1C. The molecule has 0 aliphatic heterocycles. The van der Waals surface area contributed by atoms with Crippen LogP contribution in [0.5, 0.6) is 0 Å². The van der Waals surface area contributed by atoms with Crippen molar-refractivity contribution in [3.05, 3.63) is 33.8 Å². The molecule has 0 radical (unpaired) electrons. The molecule has 1 aromatic rings. The molecule has 3 nitrogen and oxygen atoms in total. The monoisotopic (exact) mass is 311 g/mol. The standard InChI is InChI=1S/C14H18BrNO2/c1-9-10(5-3-6-11(9)15)14(17)16-12-7-4-8-13(12)18-2/h3,5-6,12-13H,4,7-8H2,1-2H3,(H,16,17). The Balaban J connectivity index is 2.10. The van der Waals surface area contributed by atoms with Crippen LogP contribution in [0.3, 0.4) is 0 Å². The highest BCUT2D eigenvalue weighted by Crippen LogP contribution is 2.23. The Bertz CT molecular complexity index is 447. The molecule has 18 heavy (non-hydrogen) atoms. The molecule has 1 amide bonds. The van der Waals surface area contributed by atoms with Gasteiger partial charge in [-0.1, -0.05) is 22.0 Å². The molecule has 1 aromatic carbocycles. The quantitative estimate of drug-likeness (QED) is 0.931. The molecule has 0 spiro atoms. The lowest BCUT2D eigenvalue weighted by Gasteiger charge is -2.20. The maximum atomic E-state index is 12.2. The van der Waals surface area contributed by atoms with Crippen LogP contribution in [0.4, 0.5) is 0 Å². The van der Waals surface area contributed by atoms with E-state index in [4.69, 9.17) is 4.74 Å². The molecular formula is C14H18BrNO2. The van der Waals surface area contributed by atoms with Gasteiger partial charge in [-0.25, -0.2) is 0 Å². The largest absolute Gasteiger partial charge is 0.379 e. The average molecular weight is 312 g/mol. The van der Waals surface area contributed by atoms with Gasteiger partial charge in [0.2, 0.25) is 0 Å². The lowest BCUT2D eigenvalue weighted by Crippen LogP contribution is -2.40. The van der Waals surface area contributed by atoms with Crippen molar-refractivity contribution in [3.8, 4) is 0 Å². The summed E-state index contributed by atoms with van der Waals surface area (Å²) in [7, 11) is 1.71. The summed E-state index contributed by atoms with van der Waals surface area (Å²) < 4.78 is 6.35. The van der Waals surface area contributed by atoms with E-state index >= 15 is 0 Å². The van der Waals surface area contributed by atoms with Gasteiger partial charge in [-0.2, -0.15) is 0 Å². The minimum Gasteiger partial charge on any atom is -0.379 e. The predicted molar refractivity (Wildman–Crippen MR) is 74.8 cm³/mol. The Morgan fingerprint density at radius 2 is 2.22 bits per heavy atom. The number of hydrogen-bond donors (Lipinski definition) is 1. The summed E-state index contributed by atoms with van der Waals surface area (Å²) in [5, 5.41) is 3.08. The van der Waals surface area contributed by atoms with E-state index in [1.165, 1.54) is 0 Å². The van der Waals surface area contributed by atoms with Gasteiger partial charge in [0.1, 0.15) is 0 Å². The first-order chi connectivity index (χ1) is 8.63. The smallest absolute Gasteiger partial charge is 0.251 e. The first kappa shape index (κ1) is 13.6. The van der Waals surface area contributed by atoms with Crippen molar-refractivity contribution in [2.45, 2.75) is 38.3 Å². The molecule has 1 aliphatic carbocycles. The van der Waals surface area contributed by atoms with Gasteiger partial charge in [0.15, 0.2) is 0 Å². The zero-order valence-electron chi connectivity index (χ0n) is 10.7. The van der Waals surface area contributed by atoms with Crippen molar-refractivity contribution in [3.63, 3.8) is 0 Å². The van der Waals surface area contributed by atoms with E-state index in [-0.39, 0.29) is 18.1 Å².